The molecule has 2 heterocycles. The van der Waals surface area contributed by atoms with Gasteiger partial charge in [-0.05, 0) is 26.0 Å². The number of nitrogens with zero attached hydrogens (tertiary/aromatic N) is 2. The van der Waals surface area contributed by atoms with E-state index in [0.29, 0.717) is 22.2 Å². The van der Waals surface area contributed by atoms with E-state index in [4.69, 9.17) is 16.1 Å². The van der Waals surface area contributed by atoms with Gasteiger partial charge in [0, 0.05) is 11.3 Å². The lowest BCUT2D eigenvalue weighted by molar-refractivity contribution is -0.129. The first kappa shape index (κ1) is 17.8. The maximum absolute atomic E-state index is 12.2. The molecule has 1 saturated heterocycles. The molecule has 2 aromatic rings. The third-order valence-corrected chi connectivity index (χ3v) is 5.51. The summed E-state index contributed by atoms with van der Waals surface area (Å²) in [6, 6.07) is 6.58. The maximum Gasteiger partial charge on any atom is 0.246 e. The molecule has 7 nitrogen and oxygen atoms in total. The summed E-state index contributed by atoms with van der Waals surface area (Å²) in [5.74, 6) is 0.701. The van der Waals surface area contributed by atoms with Crippen LogP contribution in [-0.4, -0.2) is 38.5 Å². The molecule has 25 heavy (non-hydrogen) atoms. The van der Waals surface area contributed by atoms with Crippen LogP contribution < -0.4 is 10.6 Å². The molecule has 3 rings (SSSR count). The third-order valence-electron chi connectivity index (χ3n) is 3.78. The van der Waals surface area contributed by atoms with Crippen molar-refractivity contribution in [3.63, 3.8) is 0 Å². The number of hydrogen-bond donors (Lipinski definition) is 2. The van der Waals surface area contributed by atoms with Gasteiger partial charge in [-0.3, -0.25) is 9.59 Å². The fraction of sp³-hybridized carbons (Fsp3) is 0.375. The van der Waals surface area contributed by atoms with Crippen LogP contribution in [0.4, 0.5) is 0 Å². The Morgan fingerprint density at radius 2 is 2.24 bits per heavy atom. The lowest BCUT2D eigenvalue weighted by Gasteiger charge is -2.32. The molecule has 1 fully saturated rings. The van der Waals surface area contributed by atoms with Crippen molar-refractivity contribution in [3.05, 3.63) is 35.2 Å². The Morgan fingerprint density at radius 1 is 1.48 bits per heavy atom. The van der Waals surface area contributed by atoms with Gasteiger partial charge in [0.25, 0.3) is 0 Å². The van der Waals surface area contributed by atoms with Crippen LogP contribution in [0.25, 0.3) is 11.4 Å². The number of carbonyl (C=O) groups is 2. The summed E-state index contributed by atoms with van der Waals surface area (Å²) in [7, 11) is 0. The molecule has 1 aliphatic heterocycles. The van der Waals surface area contributed by atoms with Crippen LogP contribution in [0.1, 0.15) is 19.7 Å². The number of carbonyl (C=O) groups excluding carboxylic acids is 2. The molecule has 2 amide bonds. The second-order valence-corrected chi connectivity index (χ2v) is 8.11. The molecular formula is C16H17ClN4O3S. The number of halogens is 1. The number of thioether (sulfide) groups is 1. The lowest BCUT2D eigenvalue weighted by Crippen LogP contribution is -2.57. The lowest BCUT2D eigenvalue weighted by atomic mass is 10.1. The van der Waals surface area contributed by atoms with Crippen LogP contribution in [0, 0.1) is 0 Å². The van der Waals surface area contributed by atoms with Crippen molar-refractivity contribution < 1.29 is 14.1 Å². The molecule has 0 radical (unpaired) electrons. The Hall–Kier alpha value is -2.06. The number of nitrogens with one attached hydrogen (secondary N) is 2. The molecule has 0 unspecified atom stereocenters. The molecule has 132 valence electrons. The average Bonchev–Trinajstić information content (AvgIpc) is 3.04. The highest BCUT2D eigenvalue weighted by atomic mass is 35.5. The molecular weight excluding hydrogens is 364 g/mol. The first-order valence-electron chi connectivity index (χ1n) is 7.67. The fourth-order valence-electron chi connectivity index (χ4n) is 2.24. The predicted octanol–water partition coefficient (Wildman–Crippen LogP) is 2.02. The van der Waals surface area contributed by atoms with Crippen molar-refractivity contribution in [2.45, 2.75) is 31.2 Å². The van der Waals surface area contributed by atoms with Crippen molar-refractivity contribution in [2.24, 2.45) is 0 Å². The standard InChI is InChI=1S/C16H17ClN4O3S/c1-16(2)15(23)19-11(8-25-16)14(22)18-7-12-20-13(21-24-12)9-5-3-4-6-10(9)17/h3-6,11H,7-8H2,1-2H3,(H,18,22)(H,19,23)/t11-/m0/s1. The van der Waals surface area contributed by atoms with Crippen LogP contribution in [0.5, 0.6) is 0 Å². The van der Waals surface area contributed by atoms with Gasteiger partial charge < -0.3 is 15.2 Å². The highest BCUT2D eigenvalue weighted by Crippen LogP contribution is 2.29. The first-order valence-corrected chi connectivity index (χ1v) is 9.03. The smallest absolute Gasteiger partial charge is 0.246 e. The van der Waals surface area contributed by atoms with E-state index in [2.05, 4.69) is 20.8 Å². The van der Waals surface area contributed by atoms with Crippen molar-refractivity contribution in [1.82, 2.24) is 20.8 Å². The van der Waals surface area contributed by atoms with E-state index < -0.39 is 10.8 Å². The summed E-state index contributed by atoms with van der Waals surface area (Å²) in [5.41, 5.74) is 0.656. The number of hydrogen-bond acceptors (Lipinski definition) is 6. The van der Waals surface area contributed by atoms with E-state index in [1.165, 1.54) is 11.8 Å². The molecule has 1 aromatic carbocycles. The van der Waals surface area contributed by atoms with Crippen LogP contribution in [0.2, 0.25) is 5.02 Å². The minimum absolute atomic E-state index is 0.0801. The van der Waals surface area contributed by atoms with E-state index in [9.17, 15) is 9.59 Å². The van der Waals surface area contributed by atoms with Crippen molar-refractivity contribution in [1.29, 1.82) is 0 Å². The van der Waals surface area contributed by atoms with E-state index in [1.807, 2.05) is 26.0 Å². The zero-order chi connectivity index (χ0) is 18.0. The second kappa shape index (κ2) is 7.05. The van der Waals surface area contributed by atoms with Gasteiger partial charge in [0.05, 0.1) is 16.3 Å². The zero-order valence-corrected chi connectivity index (χ0v) is 15.3. The minimum Gasteiger partial charge on any atom is -0.345 e. The van der Waals surface area contributed by atoms with Gasteiger partial charge >= 0.3 is 0 Å². The number of aromatic nitrogens is 2. The molecule has 0 saturated carbocycles. The topological polar surface area (TPSA) is 97.1 Å². The van der Waals surface area contributed by atoms with Crippen LogP contribution in [0.3, 0.4) is 0 Å². The summed E-state index contributed by atoms with van der Waals surface area (Å²) in [4.78, 5) is 28.4. The Bertz CT molecular complexity index is 808. The Kier molecular flexibility index (Phi) is 5.01. The van der Waals surface area contributed by atoms with Gasteiger partial charge in [-0.1, -0.05) is 28.9 Å². The minimum atomic E-state index is -0.573. The van der Waals surface area contributed by atoms with Crippen LogP contribution in [0.15, 0.2) is 28.8 Å². The maximum atomic E-state index is 12.2. The van der Waals surface area contributed by atoms with Gasteiger partial charge in [-0.2, -0.15) is 4.98 Å². The summed E-state index contributed by atoms with van der Waals surface area (Å²) < 4.78 is 4.62. The summed E-state index contributed by atoms with van der Waals surface area (Å²) in [6.45, 7) is 3.74. The SMILES string of the molecule is CC1(C)SC[C@@H](C(=O)NCc2nc(-c3ccccc3Cl)no2)NC1=O. The van der Waals surface area contributed by atoms with Gasteiger partial charge in [0.15, 0.2) is 0 Å². The van der Waals surface area contributed by atoms with Crippen molar-refractivity contribution >= 4 is 35.2 Å². The highest BCUT2D eigenvalue weighted by Gasteiger charge is 2.37. The Labute approximate surface area is 153 Å². The number of rotatable bonds is 4. The Balaban J connectivity index is 1.59. The van der Waals surface area contributed by atoms with Crippen LogP contribution >= 0.6 is 23.4 Å². The first-order chi connectivity index (χ1) is 11.9. The normalized spacial score (nSPS) is 19.3. The summed E-state index contributed by atoms with van der Waals surface area (Å²) in [6.07, 6.45) is 0. The quantitative estimate of drug-likeness (QED) is 0.842. The molecule has 9 heteroatoms. The molecule has 0 bridgehead atoms. The largest absolute Gasteiger partial charge is 0.345 e. The highest BCUT2D eigenvalue weighted by molar-refractivity contribution is 8.01. The zero-order valence-electron chi connectivity index (χ0n) is 13.7. The number of amides is 2. The van der Waals surface area contributed by atoms with Gasteiger partial charge in [-0.25, -0.2) is 0 Å². The van der Waals surface area contributed by atoms with Gasteiger partial charge in [-0.15, -0.1) is 11.8 Å². The van der Waals surface area contributed by atoms with E-state index in [-0.39, 0.29) is 24.2 Å². The molecule has 1 aromatic heterocycles. The average molecular weight is 381 g/mol. The fourth-order valence-corrected chi connectivity index (χ4v) is 3.47. The molecule has 1 aliphatic rings. The van der Waals surface area contributed by atoms with Gasteiger partial charge in [0.1, 0.15) is 6.04 Å². The summed E-state index contributed by atoms with van der Waals surface area (Å²) in [5, 5.41) is 9.82. The van der Waals surface area contributed by atoms with Crippen molar-refractivity contribution in [3.8, 4) is 11.4 Å². The van der Waals surface area contributed by atoms with E-state index >= 15 is 0 Å². The molecule has 0 spiro atoms. The van der Waals surface area contributed by atoms with E-state index in [1.54, 1.807) is 12.1 Å². The van der Waals surface area contributed by atoms with Crippen molar-refractivity contribution in [2.75, 3.05) is 5.75 Å². The third kappa shape index (κ3) is 3.96. The number of benzene rings is 1. The summed E-state index contributed by atoms with van der Waals surface area (Å²) >= 11 is 7.55. The van der Waals surface area contributed by atoms with Crippen LogP contribution in [-0.2, 0) is 16.1 Å². The Morgan fingerprint density at radius 3 is 2.96 bits per heavy atom. The van der Waals surface area contributed by atoms with Gasteiger partial charge in [0.2, 0.25) is 23.5 Å². The van der Waals surface area contributed by atoms with E-state index in [0.717, 1.165) is 0 Å². The predicted molar refractivity (Wildman–Crippen MR) is 95.1 cm³/mol. The molecule has 1 atom stereocenters. The molecule has 2 N–H and O–H groups in total. The second-order valence-electron chi connectivity index (χ2n) is 6.06. The monoisotopic (exact) mass is 380 g/mol. The molecule has 0 aliphatic carbocycles.